The summed E-state index contributed by atoms with van der Waals surface area (Å²) in [5, 5.41) is 4.35. The molecule has 0 saturated carbocycles. The third-order valence-corrected chi connectivity index (χ3v) is 17.5. The minimum atomic E-state index is -0.763. The molecule has 1 spiro atoms. The summed E-state index contributed by atoms with van der Waals surface area (Å²) in [6.45, 7) is 0. The van der Waals surface area contributed by atoms with Gasteiger partial charge in [-0.05, 0) is 142 Å². The molecule has 6 nitrogen and oxygen atoms in total. The molecular formula is C75H46N4O2. The zero-order valence-electron chi connectivity index (χ0n) is 43.7. The maximum Gasteiger partial charge on any atom is 0.137 e. The van der Waals surface area contributed by atoms with E-state index in [1.54, 1.807) is 0 Å². The highest BCUT2D eigenvalue weighted by Gasteiger charge is 2.49. The van der Waals surface area contributed by atoms with Gasteiger partial charge in [-0.25, -0.2) is 0 Å². The number of para-hydroxylation sites is 8. The molecule has 4 aliphatic rings. The Hall–Kier alpha value is -10.8. The lowest BCUT2D eigenvalue weighted by Gasteiger charge is -2.42. The Morgan fingerprint density at radius 1 is 0.235 bits per heavy atom. The van der Waals surface area contributed by atoms with Crippen LogP contribution in [-0.4, -0.2) is 0 Å². The molecule has 0 saturated heterocycles. The lowest BCUT2D eigenvalue weighted by Crippen LogP contribution is -2.31. The van der Waals surface area contributed by atoms with Gasteiger partial charge in [0.25, 0.3) is 0 Å². The predicted molar refractivity (Wildman–Crippen MR) is 333 cm³/mol. The quantitative estimate of drug-likeness (QED) is 0.175. The Labute approximate surface area is 467 Å². The van der Waals surface area contributed by atoms with Crippen molar-refractivity contribution in [1.82, 2.24) is 0 Å². The fraction of sp³-hybridized carbons (Fsp3) is 0.0133. The molecule has 0 unspecified atom stereocenters. The number of fused-ring (bicyclic) bond motifs is 19. The summed E-state index contributed by atoms with van der Waals surface area (Å²) in [5.41, 5.74) is 25.2. The normalized spacial score (nSPS) is 14.1. The minimum absolute atomic E-state index is 0.763. The van der Waals surface area contributed by atoms with Crippen molar-refractivity contribution >= 4 is 124 Å². The largest absolute Gasteiger partial charge is 0.456 e. The van der Waals surface area contributed by atoms with Gasteiger partial charge in [0, 0.05) is 56.4 Å². The average molecular weight is 1040 g/mol. The minimum Gasteiger partial charge on any atom is -0.456 e. The molecule has 2 aliphatic carbocycles. The first-order valence-electron chi connectivity index (χ1n) is 27.7. The van der Waals surface area contributed by atoms with Gasteiger partial charge < -0.3 is 28.4 Å². The first-order valence-corrected chi connectivity index (χ1v) is 27.7. The highest BCUT2D eigenvalue weighted by molar-refractivity contribution is 6.14. The van der Waals surface area contributed by atoms with Gasteiger partial charge in [-0.2, -0.15) is 0 Å². The van der Waals surface area contributed by atoms with Crippen molar-refractivity contribution < 1.29 is 8.83 Å². The number of hydrogen-bond donors (Lipinski definition) is 0. The molecule has 4 heterocycles. The number of hydrogen-bond acceptors (Lipinski definition) is 6. The zero-order chi connectivity index (χ0) is 52.9. The van der Waals surface area contributed by atoms with Crippen LogP contribution in [0.15, 0.2) is 276 Å². The molecular weight excluding hydrogens is 989 g/mol. The highest BCUT2D eigenvalue weighted by atomic mass is 16.3. The summed E-state index contributed by atoms with van der Waals surface area (Å²) in [6, 6.07) is 97.5. The Balaban J connectivity index is 0.899. The van der Waals surface area contributed by atoms with Crippen molar-refractivity contribution in [3.05, 3.63) is 300 Å². The molecule has 0 amide bonds. The fourth-order valence-electron chi connectivity index (χ4n) is 14.1. The van der Waals surface area contributed by atoms with E-state index in [-0.39, 0.29) is 0 Å². The molecule has 81 heavy (non-hydrogen) atoms. The number of anilines is 12. The van der Waals surface area contributed by atoms with Crippen molar-refractivity contribution in [2.45, 2.75) is 5.41 Å². The first-order chi connectivity index (χ1) is 40.2. The molecule has 0 atom stereocenters. The molecule has 0 N–H and O–H groups in total. The molecule has 378 valence electrons. The van der Waals surface area contributed by atoms with Gasteiger partial charge in [0.15, 0.2) is 0 Å². The Morgan fingerprint density at radius 2 is 0.593 bits per heavy atom. The van der Waals surface area contributed by atoms with Crippen LogP contribution in [0.4, 0.5) is 68.2 Å². The van der Waals surface area contributed by atoms with Gasteiger partial charge in [-0.3, -0.25) is 0 Å². The van der Waals surface area contributed by atoms with Crippen molar-refractivity contribution in [2.24, 2.45) is 0 Å². The van der Waals surface area contributed by atoms with Crippen molar-refractivity contribution in [3.8, 4) is 11.1 Å². The summed E-state index contributed by atoms with van der Waals surface area (Å²) in [7, 11) is 0. The lowest BCUT2D eigenvalue weighted by atomic mass is 9.66. The molecule has 14 aromatic rings. The van der Waals surface area contributed by atoms with E-state index in [1.807, 2.05) is 12.1 Å². The van der Waals surface area contributed by atoms with Gasteiger partial charge in [-0.15, -0.1) is 0 Å². The van der Waals surface area contributed by atoms with Gasteiger partial charge >= 0.3 is 0 Å². The predicted octanol–water partition coefficient (Wildman–Crippen LogP) is 20.8. The number of rotatable bonds is 4. The van der Waals surface area contributed by atoms with Crippen LogP contribution >= 0.6 is 0 Å². The molecule has 0 bridgehead atoms. The molecule has 12 aromatic carbocycles. The van der Waals surface area contributed by atoms with Crippen LogP contribution in [0.1, 0.15) is 33.4 Å². The van der Waals surface area contributed by atoms with Crippen LogP contribution in [-0.2, 0) is 5.41 Å². The van der Waals surface area contributed by atoms with Crippen LogP contribution in [0.5, 0.6) is 0 Å². The third kappa shape index (κ3) is 6.10. The second kappa shape index (κ2) is 16.6. The molecule has 6 heteroatoms. The van der Waals surface area contributed by atoms with Gasteiger partial charge in [0.1, 0.15) is 22.3 Å². The number of nitrogens with zero attached hydrogens (tertiary/aromatic N) is 4. The van der Waals surface area contributed by atoms with E-state index < -0.39 is 5.41 Å². The third-order valence-electron chi connectivity index (χ3n) is 17.5. The summed E-state index contributed by atoms with van der Waals surface area (Å²) in [4.78, 5) is 9.74. The smallest absolute Gasteiger partial charge is 0.137 e. The van der Waals surface area contributed by atoms with Crippen LogP contribution in [0.3, 0.4) is 0 Å². The Morgan fingerprint density at radius 3 is 1.04 bits per heavy atom. The average Bonchev–Trinajstić information content (AvgIpc) is 4.25. The Bertz CT molecular complexity index is 4680. The lowest BCUT2D eigenvalue weighted by molar-refractivity contribution is 0.668. The maximum atomic E-state index is 6.73. The van der Waals surface area contributed by atoms with Crippen LogP contribution < -0.4 is 19.6 Å². The monoisotopic (exact) mass is 1030 g/mol. The summed E-state index contributed by atoms with van der Waals surface area (Å²) >= 11 is 0. The topological polar surface area (TPSA) is 39.2 Å². The highest BCUT2D eigenvalue weighted by Crippen LogP contribution is 2.63. The van der Waals surface area contributed by atoms with E-state index in [0.29, 0.717) is 0 Å². The van der Waals surface area contributed by atoms with Gasteiger partial charge in [0.2, 0.25) is 0 Å². The molecule has 0 fully saturated rings. The van der Waals surface area contributed by atoms with Crippen molar-refractivity contribution in [1.29, 1.82) is 0 Å². The van der Waals surface area contributed by atoms with Crippen LogP contribution in [0.25, 0.3) is 67.2 Å². The summed E-state index contributed by atoms with van der Waals surface area (Å²) < 4.78 is 13.5. The van der Waals surface area contributed by atoms with Crippen LogP contribution in [0.2, 0.25) is 0 Å². The number of furan rings is 2. The first kappa shape index (κ1) is 44.2. The van der Waals surface area contributed by atoms with Crippen molar-refractivity contribution in [2.75, 3.05) is 19.6 Å². The standard InChI is InChI=1S/C75H46N4O2/c1-3-19-49(20-4-1)76-63-29-13-15-31-65(63)78(69-45-73-57(43-67(69)76)55-25-9-17-33-71(55)80-73)51-39-37-47-35-36-48-38-40-52(42-62(48)75(61(47)41-51)59-27-11-7-23-53(59)54-24-8-12-28-60(54)75)79-66-32-16-14-30-64(66)77(50-21-5-2-6-22-50)68-44-58-56-26-10-18-34-72(56)81-74(58)46-70(68)79/h1-46H. The zero-order valence-corrected chi connectivity index (χ0v) is 43.7. The van der Waals surface area contributed by atoms with Gasteiger partial charge in [-0.1, -0.05) is 170 Å². The second-order valence-electron chi connectivity index (χ2n) is 21.6. The van der Waals surface area contributed by atoms with E-state index >= 15 is 0 Å². The summed E-state index contributed by atoms with van der Waals surface area (Å²) in [5.74, 6) is 0. The fourth-order valence-corrected chi connectivity index (χ4v) is 14.1. The van der Waals surface area contributed by atoms with E-state index in [4.69, 9.17) is 8.83 Å². The molecule has 2 aliphatic heterocycles. The molecule has 18 rings (SSSR count). The van der Waals surface area contributed by atoms with Gasteiger partial charge in [0.05, 0.1) is 50.9 Å². The summed E-state index contributed by atoms with van der Waals surface area (Å²) in [6.07, 6.45) is 4.68. The Kier molecular flexibility index (Phi) is 9.06. The maximum absolute atomic E-state index is 6.73. The van der Waals surface area contributed by atoms with E-state index in [1.165, 1.54) is 33.4 Å². The van der Waals surface area contributed by atoms with E-state index in [9.17, 15) is 0 Å². The number of benzene rings is 12. The van der Waals surface area contributed by atoms with Crippen molar-refractivity contribution in [3.63, 3.8) is 0 Å². The molecule has 0 radical (unpaired) electrons. The second-order valence-corrected chi connectivity index (χ2v) is 21.6. The van der Waals surface area contributed by atoms with E-state index in [0.717, 1.165) is 123 Å². The van der Waals surface area contributed by atoms with Crippen LogP contribution in [0, 0.1) is 0 Å². The van der Waals surface area contributed by atoms with E-state index in [2.05, 4.69) is 287 Å². The SMILES string of the molecule is C1=Cc2ccc(N3c4ccccc4N(c4ccccc4)c4cc5c(cc43)oc3ccccc35)cc2C2(c3cc(N4c5ccccc5N(c5ccccc5)c5cc6c(cc54)oc4ccccc46)ccc31)c1ccccc1-c1ccccc12. The molecule has 2 aromatic heterocycles.